The second kappa shape index (κ2) is 8.24. The molecule has 5 heteroatoms. The van der Waals surface area contributed by atoms with Crippen molar-refractivity contribution in [1.29, 1.82) is 0 Å². The number of amides is 1. The van der Waals surface area contributed by atoms with Gasteiger partial charge in [-0.05, 0) is 43.5 Å². The molecule has 0 bridgehead atoms. The molecule has 0 atom stereocenters. The number of nitrogens with zero attached hydrogens (tertiary/aromatic N) is 1. The lowest BCUT2D eigenvalue weighted by Gasteiger charge is -2.09. The van der Waals surface area contributed by atoms with E-state index in [1.54, 1.807) is 42.6 Å². The third-order valence-corrected chi connectivity index (χ3v) is 3.58. The summed E-state index contributed by atoms with van der Waals surface area (Å²) in [6, 6.07) is 10.4. The maximum atomic E-state index is 12.3. The summed E-state index contributed by atoms with van der Waals surface area (Å²) in [4.78, 5) is 27.9. The van der Waals surface area contributed by atoms with Crippen LogP contribution < -0.4 is 10.6 Å². The molecule has 2 N–H and O–H groups in total. The van der Waals surface area contributed by atoms with Crippen molar-refractivity contribution in [2.75, 3.05) is 17.2 Å². The van der Waals surface area contributed by atoms with Crippen molar-refractivity contribution in [3.8, 4) is 0 Å². The molecule has 1 aromatic heterocycles. The van der Waals surface area contributed by atoms with Gasteiger partial charge >= 0.3 is 0 Å². The van der Waals surface area contributed by atoms with Crippen molar-refractivity contribution in [2.45, 2.75) is 27.2 Å². The topological polar surface area (TPSA) is 71.1 Å². The van der Waals surface area contributed by atoms with Gasteiger partial charge in [0.2, 0.25) is 0 Å². The predicted molar refractivity (Wildman–Crippen MR) is 96.6 cm³/mol. The first-order chi connectivity index (χ1) is 11.5. The number of aromatic nitrogens is 1. The zero-order valence-electron chi connectivity index (χ0n) is 14.3. The molecule has 0 saturated heterocycles. The van der Waals surface area contributed by atoms with Gasteiger partial charge in [0.05, 0.1) is 5.56 Å². The second-order valence-electron chi connectivity index (χ2n) is 6.13. The molecule has 126 valence electrons. The molecule has 5 nitrogen and oxygen atoms in total. The van der Waals surface area contributed by atoms with E-state index in [4.69, 9.17) is 0 Å². The molecule has 0 aliphatic rings. The van der Waals surface area contributed by atoms with Crippen LogP contribution in [0.3, 0.4) is 0 Å². The molecule has 0 fully saturated rings. The van der Waals surface area contributed by atoms with Crippen LogP contribution in [0, 0.1) is 5.92 Å². The van der Waals surface area contributed by atoms with Crippen LogP contribution in [0.2, 0.25) is 0 Å². The van der Waals surface area contributed by atoms with Gasteiger partial charge in [0.1, 0.15) is 5.82 Å². The minimum absolute atomic E-state index is 0.0374. The minimum Gasteiger partial charge on any atom is -0.370 e. The molecule has 0 aliphatic heterocycles. The second-order valence-corrected chi connectivity index (χ2v) is 6.13. The highest BCUT2D eigenvalue weighted by atomic mass is 16.1. The molecule has 24 heavy (non-hydrogen) atoms. The molecule has 0 spiro atoms. The third kappa shape index (κ3) is 5.19. The van der Waals surface area contributed by atoms with Crippen LogP contribution in [0.4, 0.5) is 11.5 Å². The molecule has 1 heterocycles. The number of anilines is 2. The normalized spacial score (nSPS) is 10.5. The molecular formula is C19H23N3O2. The summed E-state index contributed by atoms with van der Waals surface area (Å²) in [6.45, 7) is 6.69. The number of ketones is 1. The highest BCUT2D eigenvalue weighted by Crippen LogP contribution is 2.13. The molecule has 1 aromatic carbocycles. The maximum Gasteiger partial charge on any atom is 0.257 e. The number of benzene rings is 1. The smallest absolute Gasteiger partial charge is 0.257 e. The van der Waals surface area contributed by atoms with Gasteiger partial charge in [-0.3, -0.25) is 9.59 Å². The summed E-state index contributed by atoms with van der Waals surface area (Å²) >= 11 is 0. The van der Waals surface area contributed by atoms with Crippen LogP contribution >= 0.6 is 0 Å². The molecular weight excluding hydrogens is 302 g/mol. The Morgan fingerprint density at radius 3 is 2.54 bits per heavy atom. The quantitative estimate of drug-likeness (QED) is 0.755. The number of rotatable bonds is 7. The number of hydrogen-bond donors (Lipinski definition) is 2. The van der Waals surface area contributed by atoms with Gasteiger partial charge in [-0.1, -0.05) is 26.0 Å². The molecule has 0 aliphatic carbocycles. The van der Waals surface area contributed by atoms with Gasteiger partial charge in [0, 0.05) is 24.0 Å². The SMILES string of the molecule is CC(=O)c1cccc(NC(=O)c2ccc(NCCC(C)C)nc2)c1. The summed E-state index contributed by atoms with van der Waals surface area (Å²) in [5.41, 5.74) is 1.63. The number of hydrogen-bond acceptors (Lipinski definition) is 4. The molecule has 2 aromatic rings. The number of pyridine rings is 1. The first-order valence-corrected chi connectivity index (χ1v) is 8.08. The van der Waals surface area contributed by atoms with Gasteiger partial charge in [-0.25, -0.2) is 4.98 Å². The standard InChI is InChI=1S/C19H23N3O2/c1-13(2)9-10-20-18-8-7-16(12-21-18)19(24)22-17-6-4-5-15(11-17)14(3)23/h4-8,11-13H,9-10H2,1-3H3,(H,20,21)(H,22,24). The van der Waals surface area contributed by atoms with Gasteiger partial charge < -0.3 is 10.6 Å². The van der Waals surface area contributed by atoms with Crippen LogP contribution in [-0.4, -0.2) is 23.2 Å². The summed E-state index contributed by atoms with van der Waals surface area (Å²) in [6.07, 6.45) is 2.61. The van der Waals surface area contributed by atoms with Crippen molar-refractivity contribution in [3.63, 3.8) is 0 Å². The van der Waals surface area contributed by atoms with E-state index in [2.05, 4.69) is 29.5 Å². The summed E-state index contributed by atoms with van der Waals surface area (Å²) in [5, 5.41) is 6.01. The molecule has 0 unspecified atom stereocenters. The van der Waals surface area contributed by atoms with Crippen LogP contribution in [0.5, 0.6) is 0 Å². The van der Waals surface area contributed by atoms with E-state index in [-0.39, 0.29) is 11.7 Å². The molecule has 0 radical (unpaired) electrons. The highest BCUT2D eigenvalue weighted by molar-refractivity contribution is 6.05. The van der Waals surface area contributed by atoms with Crippen molar-refractivity contribution < 1.29 is 9.59 Å². The van der Waals surface area contributed by atoms with Gasteiger partial charge in [-0.2, -0.15) is 0 Å². The Balaban J connectivity index is 1.97. The molecule has 0 saturated carbocycles. The molecule has 1 amide bonds. The fourth-order valence-electron chi connectivity index (χ4n) is 2.14. The Morgan fingerprint density at radius 1 is 1.12 bits per heavy atom. The first-order valence-electron chi connectivity index (χ1n) is 8.08. The number of Topliss-reactive ketones (excluding diaryl/α,β-unsaturated/α-hetero) is 1. The van der Waals surface area contributed by atoms with E-state index in [9.17, 15) is 9.59 Å². The average molecular weight is 325 g/mol. The van der Waals surface area contributed by atoms with Crippen molar-refractivity contribution in [2.24, 2.45) is 5.92 Å². The Kier molecular flexibility index (Phi) is 6.07. The van der Waals surface area contributed by atoms with Gasteiger partial charge in [0.15, 0.2) is 5.78 Å². The highest BCUT2D eigenvalue weighted by Gasteiger charge is 2.08. The van der Waals surface area contributed by atoms with E-state index in [0.717, 1.165) is 18.8 Å². The third-order valence-electron chi connectivity index (χ3n) is 3.58. The van der Waals surface area contributed by atoms with Crippen LogP contribution in [0.15, 0.2) is 42.6 Å². The fourth-order valence-corrected chi connectivity index (χ4v) is 2.14. The summed E-state index contributed by atoms with van der Waals surface area (Å²) in [7, 11) is 0. The van der Waals surface area contributed by atoms with E-state index in [0.29, 0.717) is 22.7 Å². The van der Waals surface area contributed by atoms with Crippen molar-refractivity contribution in [1.82, 2.24) is 4.98 Å². The van der Waals surface area contributed by atoms with E-state index >= 15 is 0 Å². The van der Waals surface area contributed by atoms with Crippen molar-refractivity contribution in [3.05, 3.63) is 53.7 Å². The van der Waals surface area contributed by atoms with Crippen molar-refractivity contribution >= 4 is 23.2 Å². The van der Waals surface area contributed by atoms with Crippen LogP contribution in [0.25, 0.3) is 0 Å². The van der Waals surface area contributed by atoms with Gasteiger partial charge in [0.25, 0.3) is 5.91 Å². The lowest BCUT2D eigenvalue weighted by atomic mass is 10.1. The first kappa shape index (κ1) is 17.7. The lowest BCUT2D eigenvalue weighted by molar-refractivity contribution is 0.101. The largest absolute Gasteiger partial charge is 0.370 e. The molecule has 2 rings (SSSR count). The summed E-state index contributed by atoms with van der Waals surface area (Å²) in [5.74, 6) is 1.10. The van der Waals surface area contributed by atoms with E-state index in [1.165, 1.54) is 6.92 Å². The monoisotopic (exact) mass is 325 g/mol. The number of carbonyl (C=O) groups excluding carboxylic acids is 2. The fraction of sp³-hybridized carbons (Fsp3) is 0.316. The predicted octanol–water partition coefficient (Wildman–Crippen LogP) is 3.99. The Morgan fingerprint density at radius 2 is 1.92 bits per heavy atom. The average Bonchev–Trinajstić information content (AvgIpc) is 2.55. The van der Waals surface area contributed by atoms with E-state index in [1.807, 2.05) is 0 Å². The lowest BCUT2D eigenvalue weighted by Crippen LogP contribution is -2.13. The van der Waals surface area contributed by atoms with Gasteiger partial charge in [-0.15, -0.1) is 0 Å². The van der Waals surface area contributed by atoms with Crippen LogP contribution in [0.1, 0.15) is 47.9 Å². The number of carbonyl (C=O) groups is 2. The minimum atomic E-state index is -0.253. The van der Waals surface area contributed by atoms with E-state index < -0.39 is 0 Å². The Labute approximate surface area is 142 Å². The Hall–Kier alpha value is -2.69. The summed E-state index contributed by atoms with van der Waals surface area (Å²) < 4.78 is 0. The zero-order chi connectivity index (χ0) is 17.5. The zero-order valence-corrected chi connectivity index (χ0v) is 14.3. The maximum absolute atomic E-state index is 12.3. The number of nitrogens with one attached hydrogen (secondary N) is 2. The Bertz CT molecular complexity index is 709. The van der Waals surface area contributed by atoms with Crippen LogP contribution in [-0.2, 0) is 0 Å².